The Bertz CT molecular complexity index is 704. The van der Waals surface area contributed by atoms with Gasteiger partial charge >= 0.3 is 17.9 Å². The Morgan fingerprint density at radius 2 is 0.717 bits per heavy atom. The molecule has 0 aromatic rings. The number of carbonyl (C=O) groups excluding carboxylic acids is 3. The number of esters is 3. The number of rotatable bonds is 34. The maximum atomic E-state index is 12.5. The van der Waals surface area contributed by atoms with Gasteiger partial charge in [-0.3, -0.25) is 14.4 Å². The lowest BCUT2D eigenvalue weighted by molar-refractivity contribution is -0.167. The summed E-state index contributed by atoms with van der Waals surface area (Å²) in [5, 5.41) is 0. The summed E-state index contributed by atoms with van der Waals surface area (Å²) >= 11 is 0. The lowest BCUT2D eigenvalue weighted by Gasteiger charge is -2.18. The third-order valence-corrected chi connectivity index (χ3v) is 8.72. The molecular formula is C40H76O6. The van der Waals surface area contributed by atoms with Crippen LogP contribution in [0.5, 0.6) is 0 Å². The minimum atomic E-state index is -0.758. The first-order valence-corrected chi connectivity index (χ1v) is 19.7. The van der Waals surface area contributed by atoms with Gasteiger partial charge in [-0.25, -0.2) is 0 Å². The molecule has 0 rings (SSSR count). The molecule has 0 unspecified atom stereocenters. The molecule has 0 spiro atoms. The van der Waals surface area contributed by atoms with E-state index < -0.39 is 6.10 Å². The Kier molecular flexibility index (Phi) is 32.2. The predicted octanol–water partition coefficient (Wildman–Crippen LogP) is 11.8. The second-order valence-corrected chi connectivity index (χ2v) is 14.5. The third-order valence-electron chi connectivity index (χ3n) is 8.72. The zero-order valence-corrected chi connectivity index (χ0v) is 31.2. The summed E-state index contributed by atoms with van der Waals surface area (Å²) < 4.78 is 16.6. The summed E-state index contributed by atoms with van der Waals surface area (Å²) in [6, 6.07) is 0. The van der Waals surface area contributed by atoms with Crippen LogP contribution in [-0.2, 0) is 28.6 Å². The highest BCUT2D eigenvalue weighted by atomic mass is 16.6. The van der Waals surface area contributed by atoms with Crippen LogP contribution < -0.4 is 0 Å². The Labute approximate surface area is 285 Å². The Morgan fingerprint density at radius 3 is 1.07 bits per heavy atom. The van der Waals surface area contributed by atoms with E-state index in [1.54, 1.807) is 0 Å². The van der Waals surface area contributed by atoms with Crippen molar-refractivity contribution >= 4 is 17.9 Å². The van der Waals surface area contributed by atoms with E-state index in [0.29, 0.717) is 19.3 Å². The second kappa shape index (κ2) is 33.3. The normalized spacial score (nSPS) is 12.1. The van der Waals surface area contributed by atoms with E-state index in [4.69, 9.17) is 14.2 Å². The van der Waals surface area contributed by atoms with Crippen LogP contribution >= 0.6 is 0 Å². The maximum Gasteiger partial charge on any atom is 0.306 e. The molecule has 0 N–H and O–H groups in total. The van der Waals surface area contributed by atoms with Gasteiger partial charge in [-0.1, -0.05) is 169 Å². The molecule has 1 atom stereocenters. The number of ether oxygens (including phenoxy) is 3. The zero-order chi connectivity index (χ0) is 34.1. The maximum absolute atomic E-state index is 12.5. The highest BCUT2D eigenvalue weighted by Gasteiger charge is 2.19. The largest absolute Gasteiger partial charge is 0.462 e. The lowest BCUT2D eigenvalue weighted by atomic mass is 10.0. The molecule has 0 amide bonds. The van der Waals surface area contributed by atoms with Crippen molar-refractivity contribution in [3.05, 3.63) is 0 Å². The first kappa shape index (κ1) is 44.4. The molecular weight excluding hydrogens is 576 g/mol. The molecule has 0 heterocycles. The van der Waals surface area contributed by atoms with Crippen LogP contribution in [0.1, 0.15) is 208 Å². The van der Waals surface area contributed by atoms with Crippen LogP contribution in [0.25, 0.3) is 0 Å². The van der Waals surface area contributed by atoms with Crippen molar-refractivity contribution in [1.82, 2.24) is 0 Å². The number of carbonyl (C=O) groups is 3. The van der Waals surface area contributed by atoms with Crippen molar-refractivity contribution in [1.29, 1.82) is 0 Å². The van der Waals surface area contributed by atoms with Crippen molar-refractivity contribution < 1.29 is 28.6 Å². The molecule has 0 aliphatic rings. The van der Waals surface area contributed by atoms with Crippen molar-refractivity contribution in [3.8, 4) is 0 Å². The van der Waals surface area contributed by atoms with Gasteiger partial charge in [0.25, 0.3) is 0 Å². The first-order valence-electron chi connectivity index (χ1n) is 19.7. The Balaban J connectivity index is 4.32. The fourth-order valence-electron chi connectivity index (χ4n) is 5.69. The topological polar surface area (TPSA) is 78.9 Å². The van der Waals surface area contributed by atoms with Crippen LogP contribution in [0.2, 0.25) is 0 Å². The minimum absolute atomic E-state index is 0.0674. The van der Waals surface area contributed by atoms with Gasteiger partial charge in [-0.15, -0.1) is 0 Å². The van der Waals surface area contributed by atoms with E-state index in [9.17, 15) is 14.4 Å². The molecule has 0 saturated heterocycles. The fourth-order valence-corrected chi connectivity index (χ4v) is 5.69. The summed E-state index contributed by atoms with van der Waals surface area (Å²) in [4.78, 5) is 37.3. The van der Waals surface area contributed by atoms with Crippen LogP contribution in [0.4, 0.5) is 0 Å². The molecule has 6 nitrogen and oxygen atoms in total. The fraction of sp³-hybridized carbons (Fsp3) is 0.925. The summed E-state index contributed by atoms with van der Waals surface area (Å²) in [7, 11) is 0. The quantitative estimate of drug-likeness (QED) is 0.0391. The summed E-state index contributed by atoms with van der Waals surface area (Å²) in [5.41, 5.74) is 0. The SMILES string of the molecule is CCCCCCCCCC(=O)O[C@H](COC(=O)CCCCCCCCCCC(C)C)COC(=O)CCCCCCCCCC(C)C. The molecule has 0 aromatic heterocycles. The van der Waals surface area contributed by atoms with Gasteiger partial charge in [-0.2, -0.15) is 0 Å². The van der Waals surface area contributed by atoms with Gasteiger partial charge in [0.05, 0.1) is 0 Å². The van der Waals surface area contributed by atoms with Gasteiger partial charge < -0.3 is 14.2 Å². The predicted molar refractivity (Wildman–Crippen MR) is 192 cm³/mol. The van der Waals surface area contributed by atoms with Gasteiger partial charge in [-0.05, 0) is 31.1 Å². The van der Waals surface area contributed by atoms with Gasteiger partial charge in [0.2, 0.25) is 0 Å². The number of unbranched alkanes of at least 4 members (excludes halogenated alkanes) is 19. The molecule has 0 saturated carbocycles. The molecule has 0 fully saturated rings. The van der Waals surface area contributed by atoms with Crippen LogP contribution in [0, 0.1) is 11.8 Å². The molecule has 6 heteroatoms. The summed E-state index contributed by atoms with van der Waals surface area (Å²) in [5.74, 6) is 0.702. The van der Waals surface area contributed by atoms with Crippen molar-refractivity contribution in [3.63, 3.8) is 0 Å². The van der Waals surface area contributed by atoms with E-state index in [0.717, 1.165) is 69.6 Å². The minimum Gasteiger partial charge on any atom is -0.462 e. The van der Waals surface area contributed by atoms with E-state index >= 15 is 0 Å². The molecule has 46 heavy (non-hydrogen) atoms. The summed E-state index contributed by atoms with van der Waals surface area (Å²) in [6.45, 7) is 11.2. The average Bonchev–Trinajstić information content (AvgIpc) is 3.01. The zero-order valence-electron chi connectivity index (χ0n) is 31.2. The second-order valence-electron chi connectivity index (χ2n) is 14.5. The van der Waals surface area contributed by atoms with E-state index in [1.807, 2.05) is 0 Å². The Hall–Kier alpha value is -1.59. The third kappa shape index (κ3) is 33.8. The highest BCUT2D eigenvalue weighted by molar-refractivity contribution is 5.71. The van der Waals surface area contributed by atoms with Crippen molar-refractivity contribution in [2.24, 2.45) is 11.8 Å². The van der Waals surface area contributed by atoms with Gasteiger partial charge in [0.15, 0.2) is 6.10 Å². The monoisotopic (exact) mass is 653 g/mol. The average molecular weight is 653 g/mol. The molecule has 0 radical (unpaired) electrons. The number of hydrogen-bond acceptors (Lipinski definition) is 6. The van der Waals surface area contributed by atoms with E-state index in [1.165, 1.54) is 96.3 Å². The molecule has 272 valence electrons. The lowest BCUT2D eigenvalue weighted by Crippen LogP contribution is -2.30. The number of hydrogen-bond donors (Lipinski definition) is 0. The molecule has 0 aliphatic carbocycles. The van der Waals surface area contributed by atoms with Crippen molar-refractivity contribution in [2.75, 3.05) is 13.2 Å². The Morgan fingerprint density at radius 1 is 0.413 bits per heavy atom. The van der Waals surface area contributed by atoms with E-state index in [-0.39, 0.29) is 31.1 Å². The first-order chi connectivity index (χ1) is 22.2. The molecule has 0 bridgehead atoms. The van der Waals surface area contributed by atoms with Crippen LogP contribution in [0.3, 0.4) is 0 Å². The van der Waals surface area contributed by atoms with Gasteiger partial charge in [0.1, 0.15) is 13.2 Å². The van der Waals surface area contributed by atoms with Crippen molar-refractivity contribution in [2.45, 2.75) is 214 Å². The van der Waals surface area contributed by atoms with Gasteiger partial charge in [0, 0.05) is 19.3 Å². The highest BCUT2D eigenvalue weighted by Crippen LogP contribution is 2.15. The van der Waals surface area contributed by atoms with Crippen LogP contribution in [0.15, 0.2) is 0 Å². The summed E-state index contributed by atoms with van der Waals surface area (Å²) in [6.07, 6.45) is 28.3. The van der Waals surface area contributed by atoms with Crippen LogP contribution in [-0.4, -0.2) is 37.2 Å². The standard InChI is InChI=1S/C40H76O6/c1-6-7-8-9-13-22-27-32-40(43)46-37(34-45-39(42)31-26-21-17-12-15-19-24-29-36(4)5)33-44-38(41)30-25-20-16-11-10-14-18-23-28-35(2)3/h35-37H,6-34H2,1-5H3/t37-/m1/s1. The smallest absolute Gasteiger partial charge is 0.306 e. The molecule has 0 aliphatic heterocycles. The molecule has 0 aromatic carbocycles. The van der Waals surface area contributed by atoms with E-state index in [2.05, 4.69) is 34.6 Å².